The topological polar surface area (TPSA) is 65.2 Å². The third-order valence-corrected chi connectivity index (χ3v) is 5.23. The molecule has 0 spiro atoms. The number of fused-ring (bicyclic) bond motifs is 1. The number of hydrogen-bond acceptors (Lipinski definition) is 2. The quantitative estimate of drug-likeness (QED) is 0.656. The SMILES string of the molecule is Cc1[nH]c2ccc(C(=O)N(C)CC(=O)Nc3ccc(Cl)c(Cl)c3)cc2c1C. The second-order valence-corrected chi connectivity index (χ2v) is 7.29. The molecule has 27 heavy (non-hydrogen) atoms. The van der Waals surface area contributed by atoms with Gasteiger partial charge in [0, 0.05) is 34.9 Å². The summed E-state index contributed by atoms with van der Waals surface area (Å²) in [6, 6.07) is 10.3. The zero-order chi connectivity index (χ0) is 19.7. The van der Waals surface area contributed by atoms with Crippen molar-refractivity contribution in [1.82, 2.24) is 9.88 Å². The van der Waals surface area contributed by atoms with E-state index in [2.05, 4.69) is 10.3 Å². The summed E-state index contributed by atoms with van der Waals surface area (Å²) in [5, 5.41) is 4.48. The Morgan fingerprint density at radius 3 is 2.52 bits per heavy atom. The van der Waals surface area contributed by atoms with Gasteiger partial charge >= 0.3 is 0 Å². The van der Waals surface area contributed by atoms with E-state index in [9.17, 15) is 9.59 Å². The van der Waals surface area contributed by atoms with Crippen LogP contribution in [0.3, 0.4) is 0 Å². The van der Waals surface area contributed by atoms with Crippen molar-refractivity contribution in [3.8, 4) is 0 Å². The van der Waals surface area contributed by atoms with E-state index in [0.29, 0.717) is 21.3 Å². The Morgan fingerprint density at radius 1 is 1.07 bits per heavy atom. The lowest BCUT2D eigenvalue weighted by molar-refractivity contribution is -0.116. The van der Waals surface area contributed by atoms with E-state index in [1.807, 2.05) is 26.0 Å². The number of nitrogens with zero attached hydrogens (tertiary/aromatic N) is 1. The van der Waals surface area contributed by atoms with E-state index in [-0.39, 0.29) is 18.4 Å². The van der Waals surface area contributed by atoms with Gasteiger partial charge in [-0.1, -0.05) is 23.2 Å². The fraction of sp³-hybridized carbons (Fsp3) is 0.200. The number of anilines is 1. The van der Waals surface area contributed by atoms with Gasteiger partial charge in [0.25, 0.3) is 5.91 Å². The minimum Gasteiger partial charge on any atom is -0.358 e. The normalized spacial score (nSPS) is 10.9. The number of aromatic amines is 1. The summed E-state index contributed by atoms with van der Waals surface area (Å²) in [5.74, 6) is -0.543. The van der Waals surface area contributed by atoms with Gasteiger partial charge in [0.1, 0.15) is 0 Å². The minimum absolute atomic E-state index is 0.0811. The molecule has 0 fully saturated rings. The third-order valence-electron chi connectivity index (χ3n) is 4.49. The van der Waals surface area contributed by atoms with Crippen molar-refractivity contribution < 1.29 is 9.59 Å². The summed E-state index contributed by atoms with van der Waals surface area (Å²) in [5.41, 5.74) is 4.23. The molecule has 0 aliphatic rings. The highest BCUT2D eigenvalue weighted by Gasteiger charge is 2.17. The van der Waals surface area contributed by atoms with Crippen LogP contribution in [-0.4, -0.2) is 35.3 Å². The maximum Gasteiger partial charge on any atom is 0.254 e. The molecule has 0 bridgehead atoms. The molecule has 0 unspecified atom stereocenters. The van der Waals surface area contributed by atoms with E-state index in [1.54, 1.807) is 31.3 Å². The zero-order valence-electron chi connectivity index (χ0n) is 15.2. The molecule has 3 rings (SSSR count). The lowest BCUT2D eigenvalue weighted by Crippen LogP contribution is -2.34. The maximum atomic E-state index is 12.7. The molecule has 2 aromatic carbocycles. The average Bonchev–Trinajstić information content (AvgIpc) is 2.91. The molecular weight excluding hydrogens is 385 g/mol. The van der Waals surface area contributed by atoms with Gasteiger partial charge in [-0.2, -0.15) is 0 Å². The van der Waals surface area contributed by atoms with Crippen LogP contribution in [0.1, 0.15) is 21.6 Å². The van der Waals surface area contributed by atoms with Crippen molar-refractivity contribution in [2.45, 2.75) is 13.8 Å². The highest BCUT2D eigenvalue weighted by Crippen LogP contribution is 2.25. The molecule has 0 atom stereocenters. The lowest BCUT2D eigenvalue weighted by atomic mass is 10.1. The molecule has 0 radical (unpaired) electrons. The molecule has 5 nitrogen and oxygen atoms in total. The van der Waals surface area contributed by atoms with Crippen molar-refractivity contribution >= 4 is 51.6 Å². The number of carbonyl (C=O) groups is 2. The average molecular weight is 404 g/mol. The van der Waals surface area contributed by atoms with Crippen molar-refractivity contribution in [3.05, 3.63) is 63.3 Å². The number of carbonyl (C=O) groups excluding carboxylic acids is 2. The molecule has 0 saturated carbocycles. The smallest absolute Gasteiger partial charge is 0.254 e. The summed E-state index contributed by atoms with van der Waals surface area (Å²) in [7, 11) is 1.59. The van der Waals surface area contributed by atoms with E-state index >= 15 is 0 Å². The van der Waals surface area contributed by atoms with Crippen LogP contribution in [-0.2, 0) is 4.79 Å². The van der Waals surface area contributed by atoms with Gasteiger partial charge in [-0.25, -0.2) is 0 Å². The molecule has 1 heterocycles. The molecule has 2 N–H and O–H groups in total. The van der Waals surface area contributed by atoms with Crippen LogP contribution in [0.25, 0.3) is 10.9 Å². The van der Waals surface area contributed by atoms with Crippen LogP contribution in [0.5, 0.6) is 0 Å². The predicted octanol–water partition coefficient (Wildman–Crippen LogP) is 4.80. The Bertz CT molecular complexity index is 1040. The van der Waals surface area contributed by atoms with Gasteiger partial charge in [-0.05, 0) is 55.8 Å². The van der Waals surface area contributed by atoms with Crippen molar-refractivity contribution in [2.75, 3.05) is 18.9 Å². The monoisotopic (exact) mass is 403 g/mol. The molecule has 140 valence electrons. The Balaban J connectivity index is 1.70. The second kappa shape index (κ2) is 7.62. The van der Waals surface area contributed by atoms with Gasteiger partial charge in [0.15, 0.2) is 0 Å². The number of hydrogen-bond donors (Lipinski definition) is 2. The highest BCUT2D eigenvalue weighted by molar-refractivity contribution is 6.42. The number of rotatable bonds is 4. The standard InChI is InChI=1S/C20H19Cl2N3O2/c1-11-12(2)23-18-7-4-13(8-15(11)18)20(27)25(3)10-19(26)24-14-5-6-16(21)17(22)9-14/h4-9,23H,10H2,1-3H3,(H,24,26). The van der Waals surface area contributed by atoms with Gasteiger partial charge < -0.3 is 15.2 Å². The van der Waals surface area contributed by atoms with Crippen LogP contribution in [0, 0.1) is 13.8 Å². The number of amides is 2. The van der Waals surface area contributed by atoms with E-state index in [0.717, 1.165) is 22.2 Å². The Morgan fingerprint density at radius 2 is 1.81 bits per heavy atom. The second-order valence-electron chi connectivity index (χ2n) is 6.47. The first-order valence-electron chi connectivity index (χ1n) is 8.35. The molecule has 2 amide bonds. The molecular formula is C20H19Cl2N3O2. The first-order valence-corrected chi connectivity index (χ1v) is 9.11. The summed E-state index contributed by atoms with van der Waals surface area (Å²) in [4.78, 5) is 29.6. The van der Waals surface area contributed by atoms with Crippen LogP contribution in [0.15, 0.2) is 36.4 Å². The zero-order valence-corrected chi connectivity index (χ0v) is 16.7. The summed E-state index contributed by atoms with van der Waals surface area (Å²) in [6.07, 6.45) is 0. The Kier molecular flexibility index (Phi) is 5.44. The summed E-state index contributed by atoms with van der Waals surface area (Å²) in [6.45, 7) is 3.93. The van der Waals surface area contributed by atoms with E-state index < -0.39 is 0 Å². The number of nitrogens with one attached hydrogen (secondary N) is 2. The number of aromatic nitrogens is 1. The van der Waals surface area contributed by atoms with Gasteiger partial charge in [-0.15, -0.1) is 0 Å². The van der Waals surface area contributed by atoms with E-state index in [4.69, 9.17) is 23.2 Å². The van der Waals surface area contributed by atoms with E-state index in [1.165, 1.54) is 4.90 Å². The van der Waals surface area contributed by atoms with Gasteiger partial charge in [0.2, 0.25) is 5.91 Å². The lowest BCUT2D eigenvalue weighted by Gasteiger charge is -2.17. The number of likely N-dealkylation sites (N-methyl/N-ethyl adjacent to an activating group) is 1. The number of halogens is 2. The first kappa shape index (κ1) is 19.3. The highest BCUT2D eigenvalue weighted by atomic mass is 35.5. The maximum absolute atomic E-state index is 12.7. The van der Waals surface area contributed by atoms with Crippen molar-refractivity contribution in [2.24, 2.45) is 0 Å². The van der Waals surface area contributed by atoms with Crippen molar-refractivity contribution in [1.29, 1.82) is 0 Å². The van der Waals surface area contributed by atoms with Crippen molar-refractivity contribution in [3.63, 3.8) is 0 Å². The molecule has 7 heteroatoms. The van der Waals surface area contributed by atoms with Gasteiger partial charge in [-0.3, -0.25) is 9.59 Å². The Hall–Kier alpha value is -2.50. The predicted molar refractivity (Wildman–Crippen MR) is 110 cm³/mol. The van der Waals surface area contributed by atoms with Crippen LogP contribution >= 0.6 is 23.2 Å². The van der Waals surface area contributed by atoms with Crippen LogP contribution in [0.2, 0.25) is 10.0 Å². The molecule has 0 aliphatic carbocycles. The molecule has 1 aromatic heterocycles. The number of H-pyrrole nitrogens is 1. The third kappa shape index (κ3) is 4.10. The number of benzene rings is 2. The fourth-order valence-electron chi connectivity index (χ4n) is 2.88. The summed E-state index contributed by atoms with van der Waals surface area (Å²) >= 11 is 11.8. The summed E-state index contributed by atoms with van der Waals surface area (Å²) < 4.78 is 0. The van der Waals surface area contributed by atoms with Crippen LogP contribution in [0.4, 0.5) is 5.69 Å². The largest absolute Gasteiger partial charge is 0.358 e. The number of aryl methyl sites for hydroxylation is 2. The minimum atomic E-state index is -0.320. The van der Waals surface area contributed by atoms with Crippen LogP contribution < -0.4 is 5.32 Å². The molecule has 0 saturated heterocycles. The fourth-order valence-corrected chi connectivity index (χ4v) is 3.17. The molecule has 3 aromatic rings. The Labute approximate surface area is 167 Å². The molecule has 0 aliphatic heterocycles. The van der Waals surface area contributed by atoms with Gasteiger partial charge in [0.05, 0.1) is 16.6 Å². The first-order chi connectivity index (χ1) is 12.8.